The summed E-state index contributed by atoms with van der Waals surface area (Å²) in [6.07, 6.45) is 7.50. The third kappa shape index (κ3) is 5.23. The van der Waals surface area contributed by atoms with Crippen molar-refractivity contribution in [1.82, 2.24) is 0 Å². The molecule has 1 fully saturated rings. The third-order valence-electron chi connectivity index (χ3n) is 2.26. The molecule has 2 unspecified atom stereocenters. The second-order valence-electron chi connectivity index (χ2n) is 3.99. The van der Waals surface area contributed by atoms with Gasteiger partial charge in [0.1, 0.15) is 23.7 Å². The molecule has 1 aliphatic heterocycles. The lowest BCUT2D eigenvalue weighted by atomic mass is 10.3. The van der Waals surface area contributed by atoms with Gasteiger partial charge in [0.25, 0.3) is 0 Å². The SMILES string of the molecule is C#CCS(=O)(=O)CC1OS(=O)OC1CS(=O)(=O)CC#C. The first-order chi connectivity index (χ1) is 9.19. The first kappa shape index (κ1) is 17.1. The molecule has 0 aromatic rings. The average Bonchev–Trinajstić information content (AvgIpc) is 2.56. The minimum atomic E-state index is -3.65. The molecule has 112 valence electrons. The summed E-state index contributed by atoms with van der Waals surface area (Å²) in [5.74, 6) is 1.75. The largest absolute Gasteiger partial charge is 0.305 e. The van der Waals surface area contributed by atoms with E-state index >= 15 is 0 Å². The molecule has 0 aromatic carbocycles. The Morgan fingerprint density at radius 2 is 1.25 bits per heavy atom. The number of terminal acetylenes is 2. The van der Waals surface area contributed by atoms with Crippen molar-refractivity contribution in [3.63, 3.8) is 0 Å². The molecule has 1 rings (SSSR count). The Hall–Kier alpha value is -0.910. The molecular formula is C10H12O7S3. The normalized spacial score (nSPS) is 26.8. The molecule has 7 nitrogen and oxygen atoms in total. The Morgan fingerprint density at radius 1 is 0.900 bits per heavy atom. The fourth-order valence-electron chi connectivity index (χ4n) is 1.49. The molecule has 0 saturated carbocycles. The predicted molar refractivity (Wildman–Crippen MR) is 72.9 cm³/mol. The van der Waals surface area contributed by atoms with Gasteiger partial charge in [-0.15, -0.1) is 12.8 Å². The first-order valence-corrected chi connectivity index (χ1v) is 9.87. The molecule has 0 N–H and O–H groups in total. The Bertz CT molecular complexity index is 605. The highest BCUT2D eigenvalue weighted by molar-refractivity contribution is 7.92. The fraction of sp³-hybridized carbons (Fsp3) is 0.600. The van der Waals surface area contributed by atoms with Crippen molar-refractivity contribution in [2.24, 2.45) is 0 Å². The predicted octanol–water partition coefficient (Wildman–Crippen LogP) is -1.55. The molecule has 0 radical (unpaired) electrons. The summed E-state index contributed by atoms with van der Waals surface area (Å²) in [5, 5.41) is 0. The zero-order chi connectivity index (χ0) is 15.4. The molecule has 0 aliphatic carbocycles. The van der Waals surface area contributed by atoms with E-state index in [2.05, 4.69) is 0 Å². The summed E-state index contributed by atoms with van der Waals surface area (Å²) in [7, 11) is -7.30. The van der Waals surface area contributed by atoms with E-state index in [1.54, 1.807) is 0 Å². The van der Waals surface area contributed by atoms with Gasteiger partial charge >= 0.3 is 11.4 Å². The van der Waals surface area contributed by atoms with Gasteiger partial charge in [0.2, 0.25) is 0 Å². The molecule has 0 amide bonds. The lowest BCUT2D eigenvalue weighted by Gasteiger charge is -2.14. The van der Waals surface area contributed by atoms with Gasteiger partial charge < -0.3 is 0 Å². The molecule has 1 aliphatic rings. The molecule has 0 aromatic heterocycles. The highest BCUT2D eigenvalue weighted by Crippen LogP contribution is 2.21. The Morgan fingerprint density at radius 3 is 1.55 bits per heavy atom. The van der Waals surface area contributed by atoms with Crippen molar-refractivity contribution in [2.45, 2.75) is 12.2 Å². The standard InChI is InChI=1S/C10H12O7S3/c1-3-5-19(12,13)7-9-10(17-18(11)16-9)8-20(14,15)6-4-2/h1-2,9-10H,5-8H2. The lowest BCUT2D eigenvalue weighted by molar-refractivity contribution is 0.191. The van der Waals surface area contributed by atoms with Crippen molar-refractivity contribution in [2.75, 3.05) is 23.0 Å². The van der Waals surface area contributed by atoms with E-state index in [0.29, 0.717) is 0 Å². The van der Waals surface area contributed by atoms with Crippen LogP contribution < -0.4 is 0 Å². The Labute approximate surface area is 120 Å². The van der Waals surface area contributed by atoms with Crippen LogP contribution in [0.5, 0.6) is 0 Å². The smallest absolute Gasteiger partial charge is 0.261 e. The van der Waals surface area contributed by atoms with Crippen LogP contribution in [-0.2, 0) is 39.4 Å². The summed E-state index contributed by atoms with van der Waals surface area (Å²) in [5.41, 5.74) is 0. The van der Waals surface area contributed by atoms with Crippen LogP contribution in [0.2, 0.25) is 0 Å². The van der Waals surface area contributed by atoms with Gasteiger partial charge in [-0.2, -0.15) is 4.21 Å². The van der Waals surface area contributed by atoms with Crippen molar-refractivity contribution < 1.29 is 29.4 Å². The Kier molecular flexibility index (Phi) is 5.74. The molecule has 2 atom stereocenters. The first-order valence-electron chi connectivity index (χ1n) is 5.23. The minimum absolute atomic E-state index is 0.524. The second-order valence-corrected chi connectivity index (χ2v) is 9.00. The van der Waals surface area contributed by atoms with Crippen LogP contribution in [-0.4, -0.2) is 56.3 Å². The van der Waals surface area contributed by atoms with Crippen LogP contribution in [0.3, 0.4) is 0 Å². The summed E-state index contributed by atoms with van der Waals surface area (Å²) < 4.78 is 67.0. The molecule has 20 heavy (non-hydrogen) atoms. The maximum Gasteiger partial charge on any atom is 0.305 e. The summed E-state index contributed by atoms with van der Waals surface area (Å²) in [6, 6.07) is 0. The van der Waals surface area contributed by atoms with Gasteiger partial charge in [0.15, 0.2) is 19.7 Å². The highest BCUT2D eigenvalue weighted by atomic mass is 32.2. The van der Waals surface area contributed by atoms with Crippen molar-refractivity contribution in [1.29, 1.82) is 0 Å². The second kappa shape index (κ2) is 6.70. The van der Waals surface area contributed by atoms with Gasteiger partial charge in [-0.05, 0) is 0 Å². The quantitative estimate of drug-likeness (QED) is 0.539. The summed E-state index contributed by atoms with van der Waals surface area (Å²) in [4.78, 5) is 0. The summed E-state index contributed by atoms with van der Waals surface area (Å²) >= 11 is -2.19. The summed E-state index contributed by atoms with van der Waals surface area (Å²) in [6.45, 7) is 0. The topological polar surface area (TPSA) is 104 Å². The van der Waals surface area contributed by atoms with E-state index in [4.69, 9.17) is 21.2 Å². The minimum Gasteiger partial charge on any atom is -0.261 e. The van der Waals surface area contributed by atoms with Crippen molar-refractivity contribution >= 4 is 31.0 Å². The fourth-order valence-corrected chi connectivity index (χ4v) is 4.81. The number of hydrogen-bond donors (Lipinski definition) is 0. The van der Waals surface area contributed by atoms with Crippen LogP contribution in [0, 0.1) is 24.7 Å². The van der Waals surface area contributed by atoms with Gasteiger partial charge in [-0.25, -0.2) is 16.8 Å². The van der Waals surface area contributed by atoms with E-state index in [-0.39, 0.29) is 0 Å². The number of sulfone groups is 2. The molecular weight excluding hydrogens is 328 g/mol. The van der Waals surface area contributed by atoms with Gasteiger partial charge in [-0.3, -0.25) is 8.37 Å². The number of rotatable bonds is 6. The van der Waals surface area contributed by atoms with Gasteiger partial charge in [0.05, 0.1) is 11.5 Å². The van der Waals surface area contributed by atoms with Crippen molar-refractivity contribution in [3.8, 4) is 24.7 Å². The number of hydrogen-bond acceptors (Lipinski definition) is 7. The van der Waals surface area contributed by atoms with Gasteiger partial charge in [0, 0.05) is 0 Å². The van der Waals surface area contributed by atoms with Crippen LogP contribution >= 0.6 is 0 Å². The average molecular weight is 340 g/mol. The van der Waals surface area contributed by atoms with Crippen LogP contribution in [0.1, 0.15) is 0 Å². The molecule has 1 heterocycles. The van der Waals surface area contributed by atoms with Gasteiger partial charge in [-0.1, -0.05) is 11.8 Å². The molecule has 1 saturated heterocycles. The third-order valence-corrected chi connectivity index (χ3v) is 5.96. The molecule has 0 bridgehead atoms. The van der Waals surface area contributed by atoms with E-state index in [1.165, 1.54) is 0 Å². The Balaban J connectivity index is 2.83. The monoisotopic (exact) mass is 340 g/mol. The molecule has 0 spiro atoms. The van der Waals surface area contributed by atoms with E-state index in [1.807, 2.05) is 11.8 Å². The maximum atomic E-state index is 11.6. The zero-order valence-corrected chi connectivity index (χ0v) is 12.7. The van der Waals surface area contributed by atoms with E-state index < -0.39 is 66.3 Å². The van der Waals surface area contributed by atoms with Crippen LogP contribution in [0.15, 0.2) is 0 Å². The van der Waals surface area contributed by atoms with Crippen LogP contribution in [0.25, 0.3) is 0 Å². The van der Waals surface area contributed by atoms with Crippen molar-refractivity contribution in [3.05, 3.63) is 0 Å². The molecule has 10 heteroatoms. The maximum absolute atomic E-state index is 11.6. The lowest BCUT2D eigenvalue weighted by Crippen LogP contribution is -2.36. The zero-order valence-electron chi connectivity index (χ0n) is 10.2. The highest BCUT2D eigenvalue weighted by Gasteiger charge is 2.40. The van der Waals surface area contributed by atoms with Crippen LogP contribution in [0.4, 0.5) is 0 Å². The van der Waals surface area contributed by atoms with E-state index in [0.717, 1.165) is 0 Å². The van der Waals surface area contributed by atoms with E-state index in [9.17, 15) is 21.0 Å².